The highest BCUT2D eigenvalue weighted by Crippen LogP contribution is 1.94. The maximum Gasteiger partial charge on any atom is 0.230 e. The van der Waals surface area contributed by atoms with E-state index < -0.39 is 0 Å². The van der Waals surface area contributed by atoms with E-state index in [9.17, 15) is 4.79 Å². The lowest BCUT2D eigenvalue weighted by Gasteiger charge is -1.98. The van der Waals surface area contributed by atoms with Crippen LogP contribution in [0.1, 0.15) is 5.56 Å². The molecule has 0 aromatic carbocycles. The molecule has 0 aliphatic heterocycles. The number of rotatable bonds is 3. The monoisotopic (exact) mass is 216 g/mol. The second kappa shape index (κ2) is 4.18. The van der Waals surface area contributed by atoms with Crippen LogP contribution in [-0.4, -0.2) is 16.2 Å². The predicted molar refractivity (Wildman–Crippen MR) is 46.4 cm³/mol. The summed E-state index contributed by atoms with van der Waals surface area (Å²) in [4.78, 5) is 13.6. The number of aromatic nitrogens is 1. The Bertz CT molecular complexity index is 220. The van der Waals surface area contributed by atoms with E-state index in [2.05, 4.69) is 26.2 Å². The number of alkyl halides is 1. The van der Waals surface area contributed by atoms with Gasteiger partial charge in [0, 0.05) is 18.9 Å². The molecular weight excluding hydrogens is 208 g/mol. The van der Waals surface area contributed by atoms with E-state index in [1.165, 1.54) is 0 Å². The van der Waals surface area contributed by atoms with Gasteiger partial charge in [-0.25, -0.2) is 0 Å². The van der Waals surface area contributed by atoms with E-state index in [0.717, 1.165) is 5.56 Å². The minimum absolute atomic E-state index is 0.00574. The number of H-pyrrole nitrogens is 1. The lowest BCUT2D eigenvalue weighted by Crippen LogP contribution is -2.23. The molecule has 0 atom stereocenters. The molecule has 1 rings (SSSR count). The molecule has 0 fully saturated rings. The molecule has 2 N–H and O–H groups in total. The third-order valence-electron chi connectivity index (χ3n) is 1.27. The first-order chi connectivity index (χ1) is 5.33. The number of hydrogen-bond donors (Lipinski definition) is 2. The molecule has 1 aromatic heterocycles. The number of aromatic amines is 1. The van der Waals surface area contributed by atoms with Gasteiger partial charge >= 0.3 is 0 Å². The zero-order valence-corrected chi connectivity index (χ0v) is 7.52. The van der Waals surface area contributed by atoms with Gasteiger partial charge in [0.15, 0.2) is 0 Å². The van der Waals surface area contributed by atoms with Crippen molar-refractivity contribution in [2.75, 3.05) is 5.33 Å². The Morgan fingerprint density at radius 1 is 1.73 bits per heavy atom. The third-order valence-corrected chi connectivity index (χ3v) is 1.78. The summed E-state index contributed by atoms with van der Waals surface area (Å²) in [6.07, 6.45) is 3.68. The Balaban J connectivity index is 2.29. The molecule has 0 aliphatic carbocycles. The summed E-state index contributed by atoms with van der Waals surface area (Å²) in [5.74, 6) is 0.00574. The van der Waals surface area contributed by atoms with Gasteiger partial charge in [-0.3, -0.25) is 4.79 Å². The second-order valence-electron chi connectivity index (χ2n) is 2.13. The van der Waals surface area contributed by atoms with Crippen molar-refractivity contribution in [3.63, 3.8) is 0 Å². The van der Waals surface area contributed by atoms with Crippen LogP contribution in [0.15, 0.2) is 18.5 Å². The Hall–Kier alpha value is -0.770. The molecule has 60 valence electrons. The first-order valence-corrected chi connectivity index (χ1v) is 4.39. The Morgan fingerprint density at radius 3 is 3.09 bits per heavy atom. The van der Waals surface area contributed by atoms with Gasteiger partial charge in [0.25, 0.3) is 0 Å². The van der Waals surface area contributed by atoms with Crippen LogP contribution in [0.25, 0.3) is 0 Å². The van der Waals surface area contributed by atoms with Gasteiger partial charge in [0.2, 0.25) is 5.91 Å². The molecule has 11 heavy (non-hydrogen) atoms. The fourth-order valence-electron chi connectivity index (χ4n) is 0.716. The van der Waals surface area contributed by atoms with Crippen molar-refractivity contribution in [3.05, 3.63) is 24.0 Å². The van der Waals surface area contributed by atoms with Crippen LogP contribution in [0.5, 0.6) is 0 Å². The van der Waals surface area contributed by atoms with Crippen molar-refractivity contribution in [2.45, 2.75) is 6.54 Å². The first kappa shape index (κ1) is 8.33. The van der Waals surface area contributed by atoms with Gasteiger partial charge < -0.3 is 10.3 Å². The van der Waals surface area contributed by atoms with Gasteiger partial charge in [0.05, 0.1) is 5.33 Å². The zero-order chi connectivity index (χ0) is 8.10. The molecule has 0 saturated carbocycles. The van der Waals surface area contributed by atoms with Crippen LogP contribution in [0.2, 0.25) is 0 Å². The molecule has 0 spiro atoms. The first-order valence-electron chi connectivity index (χ1n) is 3.27. The standard InChI is InChI=1S/C7H9BrN2O/c8-3-7(11)10-5-6-1-2-9-4-6/h1-2,4,9H,3,5H2,(H,10,11). The summed E-state index contributed by atoms with van der Waals surface area (Å²) >= 11 is 3.06. The van der Waals surface area contributed by atoms with E-state index in [4.69, 9.17) is 0 Å². The van der Waals surface area contributed by atoms with Crippen LogP contribution in [-0.2, 0) is 11.3 Å². The summed E-state index contributed by atoms with van der Waals surface area (Å²) in [7, 11) is 0. The third kappa shape index (κ3) is 2.76. The van der Waals surface area contributed by atoms with E-state index in [1.807, 2.05) is 18.5 Å². The largest absolute Gasteiger partial charge is 0.367 e. The summed E-state index contributed by atoms with van der Waals surface area (Å²) in [5, 5.41) is 3.09. The summed E-state index contributed by atoms with van der Waals surface area (Å²) < 4.78 is 0. The summed E-state index contributed by atoms with van der Waals surface area (Å²) in [6.45, 7) is 0.591. The maximum atomic E-state index is 10.7. The van der Waals surface area contributed by atoms with Crippen molar-refractivity contribution in [1.29, 1.82) is 0 Å². The topological polar surface area (TPSA) is 44.9 Å². The highest BCUT2D eigenvalue weighted by atomic mass is 79.9. The van der Waals surface area contributed by atoms with Crippen LogP contribution < -0.4 is 5.32 Å². The smallest absolute Gasteiger partial charge is 0.230 e. The zero-order valence-electron chi connectivity index (χ0n) is 5.93. The number of carbonyl (C=O) groups is 1. The highest BCUT2D eigenvalue weighted by molar-refractivity contribution is 9.09. The SMILES string of the molecule is O=C(CBr)NCc1cc[nH]c1. The fraction of sp³-hybridized carbons (Fsp3) is 0.286. The van der Waals surface area contributed by atoms with Crippen molar-refractivity contribution in [3.8, 4) is 0 Å². The van der Waals surface area contributed by atoms with Crippen molar-refractivity contribution < 1.29 is 4.79 Å². The van der Waals surface area contributed by atoms with Gasteiger partial charge in [-0.05, 0) is 11.6 Å². The minimum atomic E-state index is 0.00574. The second-order valence-corrected chi connectivity index (χ2v) is 2.69. The quantitative estimate of drug-likeness (QED) is 0.729. The van der Waals surface area contributed by atoms with Crippen molar-refractivity contribution >= 4 is 21.8 Å². The van der Waals surface area contributed by atoms with Gasteiger partial charge in [-0.2, -0.15) is 0 Å². The lowest BCUT2D eigenvalue weighted by atomic mass is 10.3. The highest BCUT2D eigenvalue weighted by Gasteiger charge is 1.96. The van der Waals surface area contributed by atoms with E-state index in [-0.39, 0.29) is 5.91 Å². The lowest BCUT2D eigenvalue weighted by molar-refractivity contribution is -0.118. The summed E-state index contributed by atoms with van der Waals surface area (Å²) in [6, 6.07) is 1.93. The van der Waals surface area contributed by atoms with Crippen LogP contribution in [0, 0.1) is 0 Å². The van der Waals surface area contributed by atoms with Crippen molar-refractivity contribution in [2.24, 2.45) is 0 Å². The number of hydrogen-bond acceptors (Lipinski definition) is 1. The molecule has 0 bridgehead atoms. The van der Waals surface area contributed by atoms with Gasteiger partial charge in [-0.15, -0.1) is 0 Å². The predicted octanol–water partition coefficient (Wildman–Crippen LogP) is 1.03. The minimum Gasteiger partial charge on any atom is -0.367 e. The van der Waals surface area contributed by atoms with Crippen molar-refractivity contribution in [1.82, 2.24) is 10.3 Å². The van der Waals surface area contributed by atoms with Gasteiger partial charge in [0.1, 0.15) is 0 Å². The number of nitrogens with one attached hydrogen (secondary N) is 2. The summed E-state index contributed by atoms with van der Waals surface area (Å²) in [5.41, 5.74) is 1.08. The van der Waals surface area contributed by atoms with E-state index in [0.29, 0.717) is 11.9 Å². The Labute approximate surface area is 73.3 Å². The van der Waals surface area contributed by atoms with E-state index in [1.54, 1.807) is 0 Å². The number of amides is 1. The van der Waals surface area contributed by atoms with Crippen LogP contribution in [0.3, 0.4) is 0 Å². The molecule has 0 unspecified atom stereocenters. The molecule has 3 nitrogen and oxygen atoms in total. The molecule has 1 aromatic rings. The molecule has 4 heteroatoms. The number of halogens is 1. The molecule has 0 saturated heterocycles. The number of carbonyl (C=O) groups excluding carboxylic acids is 1. The van der Waals surface area contributed by atoms with Gasteiger partial charge in [-0.1, -0.05) is 15.9 Å². The molecular formula is C7H9BrN2O. The average molecular weight is 217 g/mol. The molecule has 1 heterocycles. The molecule has 1 amide bonds. The fourth-order valence-corrected chi connectivity index (χ4v) is 0.915. The Morgan fingerprint density at radius 2 is 2.55 bits per heavy atom. The average Bonchev–Trinajstić information content (AvgIpc) is 2.52. The van der Waals surface area contributed by atoms with Crippen LogP contribution >= 0.6 is 15.9 Å². The Kier molecular flexibility index (Phi) is 3.16. The molecule has 0 radical (unpaired) electrons. The van der Waals surface area contributed by atoms with Crippen LogP contribution in [0.4, 0.5) is 0 Å². The maximum absolute atomic E-state index is 10.7. The normalized spacial score (nSPS) is 9.55. The molecule has 0 aliphatic rings. The van der Waals surface area contributed by atoms with E-state index >= 15 is 0 Å².